The van der Waals surface area contributed by atoms with Crippen LogP contribution in [0.4, 0.5) is 17.1 Å². The molecule has 0 saturated carbocycles. The third kappa shape index (κ3) is 8.54. The number of aldehydes is 1. The second-order valence-corrected chi connectivity index (χ2v) is 15.0. The molecule has 54 heavy (non-hydrogen) atoms. The van der Waals surface area contributed by atoms with Crippen LogP contribution in [0.5, 0.6) is 0 Å². The highest BCUT2D eigenvalue weighted by atomic mass is 35.5. The van der Waals surface area contributed by atoms with E-state index in [1.165, 1.54) is 0 Å². The molecule has 0 fully saturated rings. The summed E-state index contributed by atoms with van der Waals surface area (Å²) in [5.41, 5.74) is 9.52. The summed E-state index contributed by atoms with van der Waals surface area (Å²) in [5.74, 6) is -1.18. The number of carbonyl (C=O) groups is 2. The minimum absolute atomic E-state index is 0.0224. The van der Waals surface area contributed by atoms with Crippen molar-refractivity contribution < 1.29 is 24.2 Å². The van der Waals surface area contributed by atoms with E-state index in [9.17, 15) is 14.7 Å². The highest BCUT2D eigenvalue weighted by Crippen LogP contribution is 2.51. The minimum Gasteiger partial charge on any atom is -0.478 e. The molecule has 3 aromatic rings. The van der Waals surface area contributed by atoms with E-state index in [0.29, 0.717) is 61.2 Å². The molecule has 290 valence electrons. The van der Waals surface area contributed by atoms with E-state index in [0.717, 1.165) is 81.7 Å². The van der Waals surface area contributed by atoms with Crippen LogP contribution in [0.25, 0.3) is 11.1 Å². The summed E-state index contributed by atoms with van der Waals surface area (Å²) >= 11 is 13.5. The number of rotatable bonds is 18. The number of aryl methyl sites for hydroxylation is 2. The zero-order chi connectivity index (χ0) is 39.3. The summed E-state index contributed by atoms with van der Waals surface area (Å²) in [4.78, 5) is 29.6. The lowest BCUT2D eigenvalue weighted by atomic mass is 9.89. The van der Waals surface area contributed by atoms with Crippen LogP contribution in [-0.4, -0.2) is 92.5 Å². The predicted molar refractivity (Wildman–Crippen MR) is 219 cm³/mol. The molecule has 5 rings (SSSR count). The van der Waals surface area contributed by atoms with Gasteiger partial charge in [0, 0.05) is 98.4 Å². The lowest BCUT2D eigenvalue weighted by molar-refractivity contribution is -0.109. The van der Waals surface area contributed by atoms with E-state index < -0.39 is 12.0 Å². The van der Waals surface area contributed by atoms with Crippen LogP contribution in [0.15, 0.2) is 46.5 Å². The molecular weight excluding hydrogens is 727 g/mol. The van der Waals surface area contributed by atoms with E-state index in [4.69, 9.17) is 43.2 Å². The van der Waals surface area contributed by atoms with Gasteiger partial charge in [-0.25, -0.2) is 4.79 Å². The average Bonchev–Trinajstić information content (AvgIpc) is 3.58. The van der Waals surface area contributed by atoms with Crippen LogP contribution in [0, 0.1) is 19.3 Å². The second-order valence-electron chi connectivity index (χ2n) is 14.3. The van der Waals surface area contributed by atoms with Gasteiger partial charge >= 0.3 is 5.97 Å². The van der Waals surface area contributed by atoms with Crippen LogP contribution in [-0.2, 0) is 21.3 Å². The normalized spacial score (nSPS) is 18.1. The van der Waals surface area contributed by atoms with Crippen LogP contribution in [0.3, 0.4) is 0 Å². The Hall–Kier alpha value is -4.16. The third-order valence-corrected chi connectivity index (χ3v) is 11.6. The van der Waals surface area contributed by atoms with Crippen molar-refractivity contribution in [3.8, 4) is 11.1 Å². The van der Waals surface area contributed by atoms with Crippen LogP contribution >= 0.6 is 23.2 Å². The number of fused-ring (bicyclic) bond motifs is 1. The molecule has 0 bridgehead atoms. The monoisotopic (exact) mass is 778 g/mol. The molecule has 0 radical (unpaired) electrons. The molecule has 2 heterocycles. The molecule has 0 saturated heterocycles. The Kier molecular flexibility index (Phi) is 13.7. The number of carbonyl (C=O) groups excluding carboxylic acids is 1. The molecule has 0 amide bonds. The first-order valence-electron chi connectivity index (χ1n) is 18.4. The molecule has 3 atom stereocenters. The predicted octanol–water partition coefficient (Wildman–Crippen LogP) is 8.14. The van der Waals surface area contributed by atoms with Gasteiger partial charge in [-0.1, -0.05) is 40.9 Å². The van der Waals surface area contributed by atoms with Gasteiger partial charge in [0.25, 0.3) is 0 Å². The van der Waals surface area contributed by atoms with Crippen molar-refractivity contribution in [2.24, 2.45) is 7.05 Å². The van der Waals surface area contributed by atoms with Gasteiger partial charge in [0.05, 0.1) is 40.7 Å². The number of nitrogens with zero attached hydrogens (tertiary/aromatic N) is 4. The van der Waals surface area contributed by atoms with Gasteiger partial charge in [0.1, 0.15) is 6.29 Å². The number of benzene rings is 2. The van der Waals surface area contributed by atoms with Crippen LogP contribution < -0.4 is 15.1 Å². The number of anilines is 3. The lowest BCUT2D eigenvalue weighted by Gasteiger charge is -2.29. The highest BCUT2D eigenvalue weighted by molar-refractivity contribution is 6.34. The van der Waals surface area contributed by atoms with Crippen LogP contribution in [0.1, 0.15) is 78.3 Å². The maximum absolute atomic E-state index is 13.1. The molecule has 1 aromatic heterocycles. The van der Waals surface area contributed by atoms with E-state index >= 15 is 0 Å². The Morgan fingerprint density at radius 1 is 1.15 bits per heavy atom. The van der Waals surface area contributed by atoms with Gasteiger partial charge in [-0.15, -0.1) is 0 Å². The number of hydrogen-bond donors (Lipinski definition) is 3. The van der Waals surface area contributed by atoms with Crippen molar-refractivity contribution in [1.82, 2.24) is 9.78 Å². The van der Waals surface area contributed by atoms with Crippen molar-refractivity contribution in [2.45, 2.75) is 71.4 Å². The van der Waals surface area contributed by atoms with Crippen molar-refractivity contribution in [3.63, 3.8) is 0 Å². The molecule has 1 aliphatic carbocycles. The molecule has 13 heteroatoms. The number of hydrogen-bond acceptors (Lipinski definition) is 9. The molecule has 2 aromatic carbocycles. The van der Waals surface area contributed by atoms with Crippen molar-refractivity contribution in [3.05, 3.63) is 79.6 Å². The Morgan fingerprint density at radius 3 is 2.54 bits per heavy atom. The van der Waals surface area contributed by atoms with Gasteiger partial charge in [0.15, 0.2) is 0 Å². The first kappa shape index (κ1) is 41.0. The van der Waals surface area contributed by atoms with Crippen molar-refractivity contribution in [1.29, 1.82) is 5.41 Å². The molecule has 3 N–H and O–H groups in total. The summed E-state index contributed by atoms with van der Waals surface area (Å²) < 4.78 is 13.3. The van der Waals surface area contributed by atoms with E-state index in [1.807, 2.05) is 63.5 Å². The van der Waals surface area contributed by atoms with Gasteiger partial charge in [-0.05, 0) is 82.7 Å². The van der Waals surface area contributed by atoms with Crippen molar-refractivity contribution in [2.75, 3.05) is 62.1 Å². The van der Waals surface area contributed by atoms with E-state index in [-0.39, 0.29) is 17.6 Å². The molecule has 1 aliphatic heterocycles. The Labute approximate surface area is 328 Å². The van der Waals surface area contributed by atoms with Gasteiger partial charge in [-0.3, -0.25) is 4.68 Å². The fourth-order valence-corrected chi connectivity index (χ4v) is 8.27. The average molecular weight is 780 g/mol. The first-order chi connectivity index (χ1) is 25.8. The summed E-state index contributed by atoms with van der Waals surface area (Å²) in [5, 5.41) is 27.2. The molecule has 3 unspecified atom stereocenters. The number of allylic oxidation sites excluding steroid dienone is 2. The Morgan fingerprint density at radius 2 is 1.91 bits per heavy atom. The number of carboxylic acids is 1. The zero-order valence-corrected chi connectivity index (χ0v) is 33.8. The lowest BCUT2D eigenvalue weighted by Crippen LogP contribution is -2.38. The number of methoxy groups -OCH3 is 1. The molecule has 0 spiro atoms. The van der Waals surface area contributed by atoms with Gasteiger partial charge in [0.2, 0.25) is 0 Å². The highest BCUT2D eigenvalue weighted by Gasteiger charge is 2.41. The SMILES string of the molecule is COCCNc1cc(N(C)CCCN2c3c(ccc(Cl)c3-c3c(C)nn(C)c3C)C(CCCOC3C=C(C)C(Cl)=C(C)C3)C2C=O)cc(C(=O)O)c1C=N. The number of carboxylic acid groups (broad SMARTS) is 1. The third-order valence-electron chi connectivity index (χ3n) is 10.7. The largest absolute Gasteiger partial charge is 0.478 e. The van der Waals surface area contributed by atoms with Crippen LogP contribution in [0.2, 0.25) is 5.02 Å². The molecule has 11 nitrogen and oxygen atoms in total. The number of halogens is 2. The van der Waals surface area contributed by atoms with E-state index in [1.54, 1.807) is 13.2 Å². The fourth-order valence-electron chi connectivity index (χ4n) is 7.89. The standard InChI is InChI=1S/C41H52Cl2N6O5/c1-24-18-29(19-25(2)39(24)43)54-16-8-10-30-31-11-12-34(42)38(37-26(3)46-48(6)27(37)4)40(31)49(36(30)23-50)15-9-14-47(5)28-20-32(41(51)52)33(22-44)35(21-28)45-13-17-53-7/h11-12,18,20-23,29-30,36,44-45H,8-10,13-17,19H2,1-7H3,(H,51,52). The summed E-state index contributed by atoms with van der Waals surface area (Å²) in [7, 11) is 5.43. The topological polar surface area (TPSA) is 133 Å². The van der Waals surface area contributed by atoms with Gasteiger partial charge in [-0.2, -0.15) is 5.10 Å². The maximum atomic E-state index is 13.1. The Balaban J connectivity index is 1.41. The first-order valence-corrected chi connectivity index (χ1v) is 19.1. The molecule has 2 aliphatic rings. The molecular formula is C41H52Cl2N6O5. The smallest absolute Gasteiger partial charge is 0.336 e. The fraction of sp³-hybridized carbons (Fsp3) is 0.463. The maximum Gasteiger partial charge on any atom is 0.336 e. The summed E-state index contributed by atoms with van der Waals surface area (Å²) in [6.45, 7) is 10.6. The number of aromatic carboxylic acids is 1. The number of ether oxygens (including phenoxy) is 2. The summed E-state index contributed by atoms with van der Waals surface area (Å²) in [6, 6.07) is 7.06. The minimum atomic E-state index is -1.11. The number of aromatic nitrogens is 2. The van der Waals surface area contributed by atoms with E-state index in [2.05, 4.69) is 22.4 Å². The number of nitrogens with one attached hydrogen (secondary N) is 2. The zero-order valence-electron chi connectivity index (χ0n) is 32.3. The Bertz CT molecular complexity index is 1960. The van der Waals surface area contributed by atoms with Gasteiger partial charge < -0.3 is 39.9 Å². The quantitative estimate of drug-likeness (QED) is 0.0665. The summed E-state index contributed by atoms with van der Waals surface area (Å²) in [6.07, 6.45) is 7.14. The van der Waals surface area contributed by atoms with Crippen molar-refractivity contribution >= 4 is 58.7 Å². The second kappa shape index (κ2) is 18.0.